The number of aliphatic hydroxyl groups is 1. The van der Waals surface area contributed by atoms with Gasteiger partial charge in [-0.25, -0.2) is 4.79 Å². The van der Waals surface area contributed by atoms with E-state index in [0.29, 0.717) is 19.6 Å². The molecule has 1 aromatic rings. The first-order valence-corrected chi connectivity index (χ1v) is 8.64. The maximum absolute atomic E-state index is 12.3. The topological polar surface area (TPSA) is 52.6 Å². The second-order valence-corrected chi connectivity index (χ2v) is 8.12. The molecule has 0 unspecified atom stereocenters. The van der Waals surface area contributed by atoms with Gasteiger partial charge in [-0.1, -0.05) is 18.2 Å². The van der Waals surface area contributed by atoms with Crippen molar-refractivity contribution in [2.75, 3.05) is 19.6 Å². The number of urea groups is 1. The van der Waals surface area contributed by atoms with Crippen LogP contribution in [0.4, 0.5) is 4.79 Å². The van der Waals surface area contributed by atoms with Gasteiger partial charge in [-0.2, -0.15) is 0 Å². The van der Waals surface area contributed by atoms with E-state index < -0.39 is 5.60 Å². The Morgan fingerprint density at radius 2 is 2.00 bits per heavy atom. The molecule has 0 saturated heterocycles. The highest BCUT2D eigenvalue weighted by atomic mass is 32.2. The van der Waals surface area contributed by atoms with E-state index in [2.05, 4.69) is 17.4 Å². The molecule has 4 nitrogen and oxygen atoms in total. The molecule has 1 aliphatic carbocycles. The average Bonchev–Trinajstić information content (AvgIpc) is 3.22. The second kappa shape index (κ2) is 6.92. The molecule has 0 spiro atoms. The molecule has 2 N–H and O–H groups in total. The molecule has 22 heavy (non-hydrogen) atoms. The van der Waals surface area contributed by atoms with Crippen LogP contribution in [-0.4, -0.2) is 46.0 Å². The first kappa shape index (κ1) is 17.2. The Morgan fingerprint density at radius 3 is 2.50 bits per heavy atom. The van der Waals surface area contributed by atoms with E-state index in [0.717, 1.165) is 12.8 Å². The van der Waals surface area contributed by atoms with Crippen LogP contribution in [0.15, 0.2) is 35.2 Å². The van der Waals surface area contributed by atoms with Gasteiger partial charge in [0.05, 0.1) is 12.1 Å². The summed E-state index contributed by atoms with van der Waals surface area (Å²) in [5.41, 5.74) is -0.872. The Bertz CT molecular complexity index is 495. The molecule has 0 atom stereocenters. The summed E-state index contributed by atoms with van der Waals surface area (Å²) in [5.74, 6) is 0. The van der Waals surface area contributed by atoms with Crippen molar-refractivity contribution in [2.45, 2.75) is 48.9 Å². The summed E-state index contributed by atoms with van der Waals surface area (Å²) < 4.78 is 0.144. The highest BCUT2D eigenvalue weighted by Crippen LogP contribution is 2.51. The number of rotatable bonds is 7. The second-order valence-electron chi connectivity index (χ2n) is 6.58. The number of nitrogens with zero attached hydrogens (tertiary/aromatic N) is 1. The van der Waals surface area contributed by atoms with Crippen LogP contribution < -0.4 is 5.32 Å². The van der Waals surface area contributed by atoms with Crippen molar-refractivity contribution < 1.29 is 9.90 Å². The number of amides is 2. The summed E-state index contributed by atoms with van der Waals surface area (Å²) in [6, 6.07) is 10.2. The Morgan fingerprint density at radius 1 is 1.36 bits per heavy atom. The van der Waals surface area contributed by atoms with Gasteiger partial charge in [-0.05, 0) is 45.7 Å². The number of carbonyl (C=O) groups excluding carboxylic acids is 1. The molecule has 0 heterocycles. The molecule has 2 amide bonds. The van der Waals surface area contributed by atoms with Gasteiger partial charge in [-0.15, -0.1) is 11.8 Å². The molecular formula is C17H26N2O2S. The van der Waals surface area contributed by atoms with Gasteiger partial charge in [-0.3, -0.25) is 0 Å². The monoisotopic (exact) mass is 322 g/mol. The third kappa shape index (κ3) is 5.21. The van der Waals surface area contributed by atoms with Crippen molar-refractivity contribution >= 4 is 17.8 Å². The maximum atomic E-state index is 12.3. The van der Waals surface area contributed by atoms with E-state index in [1.54, 1.807) is 18.7 Å². The van der Waals surface area contributed by atoms with Crippen molar-refractivity contribution in [1.29, 1.82) is 0 Å². The Hall–Kier alpha value is -1.20. The quantitative estimate of drug-likeness (QED) is 0.811. The van der Waals surface area contributed by atoms with Crippen LogP contribution in [0.2, 0.25) is 0 Å². The van der Waals surface area contributed by atoms with Crippen LogP contribution in [0.25, 0.3) is 0 Å². The van der Waals surface area contributed by atoms with Gasteiger partial charge in [0, 0.05) is 22.7 Å². The summed E-state index contributed by atoms with van der Waals surface area (Å²) in [5, 5.41) is 12.9. The predicted molar refractivity (Wildman–Crippen MR) is 91.2 cm³/mol. The van der Waals surface area contributed by atoms with Crippen molar-refractivity contribution in [1.82, 2.24) is 10.2 Å². The van der Waals surface area contributed by atoms with E-state index in [1.807, 2.05) is 36.9 Å². The third-order valence-electron chi connectivity index (χ3n) is 3.69. The minimum Gasteiger partial charge on any atom is -0.389 e. The van der Waals surface area contributed by atoms with E-state index in [-0.39, 0.29) is 10.8 Å². The van der Waals surface area contributed by atoms with E-state index >= 15 is 0 Å². The normalized spacial score (nSPS) is 16.2. The van der Waals surface area contributed by atoms with Crippen LogP contribution in [0.5, 0.6) is 0 Å². The van der Waals surface area contributed by atoms with E-state index in [1.165, 1.54) is 4.90 Å². The molecule has 0 radical (unpaired) electrons. The van der Waals surface area contributed by atoms with Crippen molar-refractivity contribution in [3.63, 3.8) is 0 Å². The molecule has 1 aromatic carbocycles. The zero-order chi connectivity index (χ0) is 16.2. The van der Waals surface area contributed by atoms with Crippen LogP contribution in [0.1, 0.15) is 33.6 Å². The summed E-state index contributed by atoms with van der Waals surface area (Å²) in [6.45, 7) is 6.97. The fraction of sp³-hybridized carbons (Fsp3) is 0.588. The zero-order valence-electron chi connectivity index (χ0n) is 13.6. The average molecular weight is 322 g/mol. The number of hydrogen-bond acceptors (Lipinski definition) is 3. The molecule has 0 aliphatic heterocycles. The highest BCUT2D eigenvalue weighted by Gasteiger charge is 2.44. The van der Waals surface area contributed by atoms with Gasteiger partial charge in [0.1, 0.15) is 0 Å². The standard InChI is InChI=1S/C17H26N2O2S/c1-4-19(13-16(2,3)21)15(20)18-12-17(10-11-17)22-14-8-6-5-7-9-14/h5-9,21H,4,10-13H2,1-3H3,(H,18,20). The van der Waals surface area contributed by atoms with Crippen LogP contribution >= 0.6 is 11.8 Å². The van der Waals surface area contributed by atoms with Gasteiger partial charge in [0.25, 0.3) is 0 Å². The van der Waals surface area contributed by atoms with Crippen molar-refractivity contribution in [3.8, 4) is 0 Å². The summed E-state index contributed by atoms with van der Waals surface area (Å²) in [7, 11) is 0. The van der Waals surface area contributed by atoms with Gasteiger partial charge in [0.15, 0.2) is 0 Å². The number of thioether (sulfide) groups is 1. The Kier molecular flexibility index (Phi) is 5.40. The van der Waals surface area contributed by atoms with Crippen molar-refractivity contribution in [3.05, 3.63) is 30.3 Å². The fourth-order valence-electron chi connectivity index (χ4n) is 2.34. The lowest BCUT2D eigenvalue weighted by atomic mass is 10.1. The highest BCUT2D eigenvalue weighted by molar-refractivity contribution is 8.01. The maximum Gasteiger partial charge on any atom is 0.317 e. The molecule has 122 valence electrons. The molecule has 5 heteroatoms. The SMILES string of the molecule is CCN(CC(C)(C)O)C(=O)NCC1(Sc2ccccc2)CC1. The smallest absolute Gasteiger partial charge is 0.317 e. The lowest BCUT2D eigenvalue weighted by Gasteiger charge is -2.29. The Balaban J connectivity index is 1.85. The minimum atomic E-state index is -0.872. The lowest BCUT2D eigenvalue weighted by molar-refractivity contribution is 0.0480. The number of likely N-dealkylation sites (N-methyl/N-ethyl adjacent to an activating group) is 1. The largest absolute Gasteiger partial charge is 0.389 e. The van der Waals surface area contributed by atoms with E-state index in [4.69, 9.17) is 0 Å². The first-order chi connectivity index (χ1) is 10.3. The molecule has 1 aliphatic rings. The lowest BCUT2D eigenvalue weighted by Crippen LogP contribution is -2.48. The molecular weight excluding hydrogens is 296 g/mol. The molecule has 0 bridgehead atoms. The summed E-state index contributed by atoms with van der Waals surface area (Å²) in [6.07, 6.45) is 2.26. The summed E-state index contributed by atoms with van der Waals surface area (Å²) >= 11 is 1.85. The minimum absolute atomic E-state index is 0.0930. The molecule has 1 fully saturated rings. The van der Waals surface area contributed by atoms with Crippen molar-refractivity contribution in [2.24, 2.45) is 0 Å². The fourth-order valence-corrected chi connectivity index (χ4v) is 3.58. The number of benzene rings is 1. The van der Waals surface area contributed by atoms with E-state index in [9.17, 15) is 9.90 Å². The first-order valence-electron chi connectivity index (χ1n) is 7.83. The van der Waals surface area contributed by atoms with Crippen LogP contribution in [0, 0.1) is 0 Å². The number of hydrogen-bond donors (Lipinski definition) is 2. The molecule has 0 aromatic heterocycles. The molecule has 2 rings (SSSR count). The van der Waals surface area contributed by atoms with Crippen LogP contribution in [0.3, 0.4) is 0 Å². The van der Waals surface area contributed by atoms with Gasteiger partial charge in [0.2, 0.25) is 0 Å². The molecule has 1 saturated carbocycles. The summed E-state index contributed by atoms with van der Waals surface area (Å²) in [4.78, 5) is 15.2. The van der Waals surface area contributed by atoms with Crippen LogP contribution in [-0.2, 0) is 0 Å². The van der Waals surface area contributed by atoms with Gasteiger partial charge >= 0.3 is 6.03 Å². The third-order valence-corrected chi connectivity index (χ3v) is 5.19. The number of nitrogens with one attached hydrogen (secondary N) is 1. The Labute approximate surface area is 137 Å². The predicted octanol–water partition coefficient (Wildman–Crippen LogP) is 3.11. The number of carbonyl (C=O) groups is 1. The van der Waals surface area contributed by atoms with Gasteiger partial charge < -0.3 is 15.3 Å². The zero-order valence-corrected chi connectivity index (χ0v) is 14.4.